The minimum Gasteiger partial charge on any atom is -0.444 e. The van der Waals surface area contributed by atoms with E-state index in [4.69, 9.17) is 10.5 Å². The number of aliphatic hydroxyl groups excluding tert-OH is 2. The molecule has 3 rings (SSSR count). The summed E-state index contributed by atoms with van der Waals surface area (Å²) in [5.41, 5.74) is 6.04. The fourth-order valence-corrected chi connectivity index (χ4v) is 3.78. The molecule has 0 aromatic carbocycles. The zero-order valence-corrected chi connectivity index (χ0v) is 18.5. The van der Waals surface area contributed by atoms with Gasteiger partial charge < -0.3 is 35.9 Å². The molecule has 0 aliphatic heterocycles. The van der Waals surface area contributed by atoms with Crippen LogP contribution in [-0.4, -0.2) is 72.1 Å². The van der Waals surface area contributed by atoms with E-state index in [2.05, 4.69) is 25.6 Å². The molecular weight excluding hydrogens is 418 g/mol. The fourth-order valence-electron chi connectivity index (χ4n) is 3.78. The first-order valence-electron chi connectivity index (χ1n) is 10.6. The zero-order valence-electron chi connectivity index (χ0n) is 18.5. The number of unbranched alkanes of at least 4 members (excludes halogenated alkanes) is 1. The van der Waals surface area contributed by atoms with Crippen molar-refractivity contribution in [1.82, 2.24) is 30.2 Å². The number of hydrogen-bond acceptors (Lipinski definition) is 9. The number of nitrogens with two attached hydrogens (primary N) is 1. The number of fused-ring (bicyclic) bond motifs is 1. The molecule has 0 unspecified atom stereocenters. The average Bonchev–Trinajstić information content (AvgIpc) is 3.21. The number of amides is 2. The van der Waals surface area contributed by atoms with E-state index < -0.39 is 36.0 Å². The lowest BCUT2D eigenvalue weighted by Crippen LogP contribution is -2.42. The number of alkyl carbamates (subject to hydrolysis) is 1. The molecule has 2 heterocycles. The van der Waals surface area contributed by atoms with E-state index in [0.29, 0.717) is 30.6 Å². The van der Waals surface area contributed by atoms with E-state index in [0.717, 1.165) is 0 Å². The third-order valence-corrected chi connectivity index (χ3v) is 5.21. The molecule has 0 saturated heterocycles. The Morgan fingerprint density at radius 1 is 1.25 bits per heavy atom. The first kappa shape index (κ1) is 23.7. The number of rotatable bonds is 7. The molecule has 6 N–H and O–H groups in total. The summed E-state index contributed by atoms with van der Waals surface area (Å²) in [4.78, 5) is 36.1. The first-order chi connectivity index (χ1) is 15.1. The van der Waals surface area contributed by atoms with Crippen LogP contribution in [0, 0.1) is 0 Å². The summed E-state index contributed by atoms with van der Waals surface area (Å²) in [6, 6.07) is -1.34. The van der Waals surface area contributed by atoms with E-state index in [1.807, 2.05) is 0 Å². The number of carbonyl (C=O) groups excluding carboxylic acids is 2. The minimum atomic E-state index is -1.03. The quantitative estimate of drug-likeness (QED) is 0.371. The van der Waals surface area contributed by atoms with Crippen LogP contribution in [0.25, 0.3) is 11.2 Å². The molecule has 2 aromatic heterocycles. The molecule has 12 nitrogen and oxygen atoms in total. The summed E-state index contributed by atoms with van der Waals surface area (Å²) in [5.74, 6) is -0.0250. The number of carbonyl (C=O) groups is 2. The number of nitrogens with one attached hydrogen (secondary N) is 2. The Morgan fingerprint density at radius 2 is 2.00 bits per heavy atom. The molecular formula is C20H31N7O5. The average molecular weight is 450 g/mol. The molecule has 1 fully saturated rings. The topological polar surface area (TPSA) is 178 Å². The van der Waals surface area contributed by atoms with Crippen molar-refractivity contribution in [1.29, 1.82) is 0 Å². The predicted octanol–water partition coefficient (Wildman–Crippen LogP) is 0.255. The highest BCUT2D eigenvalue weighted by molar-refractivity contribution is 5.81. The summed E-state index contributed by atoms with van der Waals surface area (Å²) in [6.07, 6.45) is 1.91. The molecule has 176 valence electrons. The summed E-state index contributed by atoms with van der Waals surface area (Å²) < 4.78 is 6.71. The van der Waals surface area contributed by atoms with Gasteiger partial charge in [-0.1, -0.05) is 0 Å². The second-order valence-electron chi connectivity index (χ2n) is 8.93. The number of hydrogen-bond donors (Lipinski definition) is 5. The molecule has 2 aromatic rings. The number of ether oxygens (including phenoxy) is 1. The van der Waals surface area contributed by atoms with E-state index in [1.54, 1.807) is 25.3 Å². The standard InChI is InChI=1S/C20H31N7O5/c1-20(2,3)32-19(31)22-7-5-4-6-13(29)26-11-8-12(28)15(16(11)30)27-10-25-14-17(21)23-9-24-18(14)27/h9-12,15-16,28,30H,4-8H2,1-3H3,(H,22,31)(H,26,29)(H2,21,23,24)/t11-,12+,15-,16-/m1/s1. The lowest BCUT2D eigenvalue weighted by atomic mass is 10.1. The number of aliphatic hydroxyl groups is 2. The number of nitrogens with zero attached hydrogens (tertiary/aromatic N) is 4. The van der Waals surface area contributed by atoms with Crippen LogP contribution in [0.2, 0.25) is 0 Å². The van der Waals surface area contributed by atoms with Gasteiger partial charge in [0.25, 0.3) is 0 Å². The SMILES string of the molecule is CC(C)(C)OC(=O)NCCCCC(=O)N[C@@H]1C[C@H](O)[C@@H](n2cnc3c(N)ncnc32)[C@@H]1O. The summed E-state index contributed by atoms with van der Waals surface area (Å²) in [7, 11) is 0. The Kier molecular flexibility index (Phi) is 7.14. The van der Waals surface area contributed by atoms with E-state index in [9.17, 15) is 19.8 Å². The molecule has 2 amide bonds. The molecule has 4 atom stereocenters. The van der Waals surface area contributed by atoms with Crippen LogP contribution in [-0.2, 0) is 9.53 Å². The molecule has 1 saturated carbocycles. The summed E-state index contributed by atoms with van der Waals surface area (Å²) in [6.45, 7) is 5.75. The Labute approximate surface area is 185 Å². The van der Waals surface area contributed by atoms with Crippen LogP contribution in [0.3, 0.4) is 0 Å². The Balaban J connectivity index is 1.47. The van der Waals surface area contributed by atoms with Gasteiger partial charge in [-0.2, -0.15) is 0 Å². The van der Waals surface area contributed by atoms with E-state index >= 15 is 0 Å². The van der Waals surface area contributed by atoms with Gasteiger partial charge in [-0.25, -0.2) is 19.7 Å². The Bertz CT molecular complexity index is 957. The maximum atomic E-state index is 12.3. The minimum absolute atomic E-state index is 0.192. The molecule has 1 aliphatic carbocycles. The largest absolute Gasteiger partial charge is 0.444 e. The van der Waals surface area contributed by atoms with Crippen LogP contribution < -0.4 is 16.4 Å². The number of anilines is 1. The van der Waals surface area contributed by atoms with Crippen molar-refractivity contribution in [2.75, 3.05) is 12.3 Å². The molecule has 1 aliphatic rings. The molecule has 0 spiro atoms. The summed E-state index contributed by atoms with van der Waals surface area (Å²) >= 11 is 0. The molecule has 0 radical (unpaired) electrons. The van der Waals surface area contributed by atoms with Gasteiger partial charge in [-0.3, -0.25) is 4.79 Å². The highest BCUT2D eigenvalue weighted by Crippen LogP contribution is 2.33. The smallest absolute Gasteiger partial charge is 0.407 e. The second kappa shape index (κ2) is 9.65. The van der Waals surface area contributed by atoms with E-state index in [1.165, 1.54) is 12.7 Å². The fraction of sp³-hybridized carbons (Fsp3) is 0.650. The van der Waals surface area contributed by atoms with Gasteiger partial charge in [0.2, 0.25) is 5.91 Å². The normalized spacial score (nSPS) is 23.3. The van der Waals surface area contributed by atoms with Crippen LogP contribution in [0.15, 0.2) is 12.7 Å². The highest BCUT2D eigenvalue weighted by Gasteiger charge is 2.44. The van der Waals surface area contributed by atoms with Gasteiger partial charge in [-0.15, -0.1) is 0 Å². The predicted molar refractivity (Wildman–Crippen MR) is 115 cm³/mol. The van der Waals surface area contributed by atoms with Crippen LogP contribution in [0.5, 0.6) is 0 Å². The van der Waals surface area contributed by atoms with Crippen LogP contribution in [0.1, 0.15) is 52.5 Å². The lowest BCUT2D eigenvalue weighted by Gasteiger charge is -2.22. The molecule has 12 heteroatoms. The van der Waals surface area contributed by atoms with E-state index in [-0.39, 0.29) is 24.6 Å². The Morgan fingerprint density at radius 3 is 2.72 bits per heavy atom. The van der Waals surface area contributed by atoms with Crippen LogP contribution >= 0.6 is 0 Å². The summed E-state index contributed by atoms with van der Waals surface area (Å²) in [5, 5.41) is 26.7. The van der Waals surface area contributed by atoms with Gasteiger partial charge in [0.15, 0.2) is 11.5 Å². The van der Waals surface area contributed by atoms with Gasteiger partial charge in [0, 0.05) is 13.0 Å². The van der Waals surface area contributed by atoms with Crippen LogP contribution in [0.4, 0.5) is 10.6 Å². The van der Waals surface area contributed by atoms with Gasteiger partial charge in [0.1, 0.15) is 17.4 Å². The van der Waals surface area contributed by atoms with Crippen molar-refractivity contribution in [3.63, 3.8) is 0 Å². The maximum Gasteiger partial charge on any atom is 0.407 e. The van der Waals surface area contributed by atoms with Gasteiger partial charge in [0.05, 0.1) is 30.6 Å². The highest BCUT2D eigenvalue weighted by atomic mass is 16.6. The number of nitrogen functional groups attached to an aromatic ring is 1. The number of imidazole rings is 1. The molecule has 32 heavy (non-hydrogen) atoms. The van der Waals surface area contributed by atoms with Crippen molar-refractivity contribution >= 4 is 29.0 Å². The van der Waals surface area contributed by atoms with Gasteiger partial charge in [-0.05, 0) is 40.0 Å². The Hall–Kier alpha value is -2.99. The van der Waals surface area contributed by atoms with Gasteiger partial charge >= 0.3 is 6.09 Å². The lowest BCUT2D eigenvalue weighted by molar-refractivity contribution is -0.122. The third kappa shape index (κ3) is 5.62. The van der Waals surface area contributed by atoms with Crippen molar-refractivity contribution in [3.8, 4) is 0 Å². The second-order valence-corrected chi connectivity index (χ2v) is 8.93. The van der Waals surface area contributed by atoms with Crippen molar-refractivity contribution in [2.45, 2.75) is 76.3 Å². The maximum absolute atomic E-state index is 12.3. The van der Waals surface area contributed by atoms with Crippen molar-refractivity contribution in [2.24, 2.45) is 0 Å². The first-order valence-corrected chi connectivity index (χ1v) is 10.6. The third-order valence-electron chi connectivity index (χ3n) is 5.21. The number of aromatic nitrogens is 4. The molecule has 0 bridgehead atoms. The monoisotopic (exact) mass is 449 g/mol. The van der Waals surface area contributed by atoms with Crippen molar-refractivity contribution < 1.29 is 24.5 Å². The zero-order chi connectivity index (χ0) is 23.5. The van der Waals surface area contributed by atoms with Crippen molar-refractivity contribution in [3.05, 3.63) is 12.7 Å².